The van der Waals surface area contributed by atoms with E-state index < -0.39 is 5.41 Å². The van der Waals surface area contributed by atoms with Crippen LogP contribution in [0, 0.1) is 0 Å². The lowest BCUT2D eigenvalue weighted by Gasteiger charge is -2.33. The molecule has 0 amide bonds. The molecule has 3 nitrogen and oxygen atoms in total. The molecule has 0 radical (unpaired) electrons. The summed E-state index contributed by atoms with van der Waals surface area (Å²) >= 11 is 0. The van der Waals surface area contributed by atoms with Crippen molar-refractivity contribution in [2.45, 2.75) is 5.41 Å². The standard InChI is InChI=1S/C54H35N3/c1-4-15-38(16-5-1)54(39-17-6-2-7-18-39)47-23-12-10-21-42(47)44-35-52-46(34-48(44)54)53-51(25-14-32-55-53)57(52)41-29-26-36(27-30-41)37-28-31-50-45(33-37)43-22-11-13-24-49(43)56(50)40-19-8-3-9-20-40/h1-35H. The van der Waals surface area contributed by atoms with Gasteiger partial charge in [-0.15, -0.1) is 0 Å². The summed E-state index contributed by atoms with van der Waals surface area (Å²) in [6, 6.07) is 75.4. The van der Waals surface area contributed by atoms with E-state index >= 15 is 0 Å². The Balaban J connectivity index is 1.04. The van der Waals surface area contributed by atoms with E-state index in [9.17, 15) is 0 Å². The summed E-state index contributed by atoms with van der Waals surface area (Å²) in [4.78, 5) is 5.04. The highest BCUT2D eigenvalue weighted by Gasteiger charge is 2.46. The first kappa shape index (κ1) is 31.8. The van der Waals surface area contributed by atoms with E-state index in [1.165, 1.54) is 72.0 Å². The minimum Gasteiger partial charge on any atom is -0.309 e. The van der Waals surface area contributed by atoms with Crippen LogP contribution in [-0.4, -0.2) is 14.1 Å². The molecule has 266 valence electrons. The molecule has 0 atom stereocenters. The van der Waals surface area contributed by atoms with E-state index in [1.807, 2.05) is 6.20 Å². The number of para-hydroxylation sites is 2. The molecule has 8 aromatic carbocycles. The molecule has 12 rings (SSSR count). The fourth-order valence-electron chi connectivity index (χ4n) is 9.85. The van der Waals surface area contributed by atoms with Crippen LogP contribution in [0.5, 0.6) is 0 Å². The molecule has 3 heterocycles. The topological polar surface area (TPSA) is 22.8 Å². The van der Waals surface area contributed by atoms with E-state index in [0.29, 0.717) is 0 Å². The lowest BCUT2D eigenvalue weighted by Crippen LogP contribution is -2.28. The third-order valence-corrected chi connectivity index (χ3v) is 12.2. The van der Waals surface area contributed by atoms with Gasteiger partial charge in [0.05, 0.1) is 33.0 Å². The van der Waals surface area contributed by atoms with Crippen LogP contribution in [0.25, 0.3) is 77.4 Å². The molecule has 1 aliphatic carbocycles. The van der Waals surface area contributed by atoms with Gasteiger partial charge in [-0.2, -0.15) is 0 Å². The van der Waals surface area contributed by atoms with Crippen molar-refractivity contribution in [3.05, 3.63) is 235 Å². The number of benzene rings is 8. The minimum absolute atomic E-state index is 0.470. The van der Waals surface area contributed by atoms with Crippen molar-refractivity contribution in [3.63, 3.8) is 0 Å². The summed E-state index contributed by atoms with van der Waals surface area (Å²) in [6.07, 6.45) is 1.92. The Morgan fingerprint density at radius 2 is 0.947 bits per heavy atom. The molecular formula is C54H35N3. The average Bonchev–Trinajstić information content (AvgIpc) is 3.90. The molecule has 0 fully saturated rings. The predicted molar refractivity (Wildman–Crippen MR) is 236 cm³/mol. The van der Waals surface area contributed by atoms with Crippen LogP contribution >= 0.6 is 0 Å². The van der Waals surface area contributed by atoms with E-state index in [4.69, 9.17) is 4.98 Å². The first-order valence-corrected chi connectivity index (χ1v) is 19.6. The van der Waals surface area contributed by atoms with E-state index in [0.717, 1.165) is 27.6 Å². The molecule has 0 N–H and O–H groups in total. The number of nitrogens with zero attached hydrogens (tertiary/aromatic N) is 3. The Kier molecular flexibility index (Phi) is 6.84. The Labute approximate surface area is 330 Å². The number of hydrogen-bond donors (Lipinski definition) is 0. The molecule has 57 heavy (non-hydrogen) atoms. The Hall–Kier alpha value is -7.49. The van der Waals surface area contributed by atoms with Crippen molar-refractivity contribution in [2.75, 3.05) is 0 Å². The molecule has 0 unspecified atom stereocenters. The van der Waals surface area contributed by atoms with Gasteiger partial charge in [-0.3, -0.25) is 4.98 Å². The molecular weight excluding hydrogens is 691 g/mol. The Morgan fingerprint density at radius 3 is 1.72 bits per heavy atom. The number of aromatic nitrogens is 3. The number of hydrogen-bond acceptors (Lipinski definition) is 1. The zero-order chi connectivity index (χ0) is 37.5. The van der Waals surface area contributed by atoms with Crippen molar-refractivity contribution >= 4 is 43.7 Å². The summed E-state index contributed by atoms with van der Waals surface area (Å²) < 4.78 is 4.76. The number of fused-ring (bicyclic) bond motifs is 9. The molecule has 3 heteroatoms. The Bertz CT molecular complexity index is 3280. The lowest BCUT2D eigenvalue weighted by molar-refractivity contribution is 0.769. The molecule has 0 aliphatic heterocycles. The third-order valence-electron chi connectivity index (χ3n) is 12.2. The van der Waals surface area contributed by atoms with Gasteiger partial charge in [0.25, 0.3) is 0 Å². The molecule has 0 spiro atoms. The van der Waals surface area contributed by atoms with Gasteiger partial charge in [0.2, 0.25) is 0 Å². The van der Waals surface area contributed by atoms with Crippen LogP contribution in [0.1, 0.15) is 22.3 Å². The van der Waals surface area contributed by atoms with Crippen LogP contribution in [-0.2, 0) is 5.41 Å². The summed E-state index contributed by atoms with van der Waals surface area (Å²) in [7, 11) is 0. The fourth-order valence-corrected chi connectivity index (χ4v) is 9.85. The predicted octanol–water partition coefficient (Wildman–Crippen LogP) is 13.3. The summed E-state index contributed by atoms with van der Waals surface area (Å²) in [5.74, 6) is 0. The highest BCUT2D eigenvalue weighted by molar-refractivity contribution is 6.11. The van der Waals surface area contributed by atoms with Crippen molar-refractivity contribution in [3.8, 4) is 33.6 Å². The van der Waals surface area contributed by atoms with Gasteiger partial charge < -0.3 is 9.13 Å². The van der Waals surface area contributed by atoms with Crippen LogP contribution in [0.2, 0.25) is 0 Å². The molecule has 0 saturated carbocycles. The Morgan fingerprint density at radius 1 is 0.351 bits per heavy atom. The SMILES string of the molecule is c1ccc(-n2c3ccccc3c3cc(-c4ccc(-n5c6cc7c(cc6c6ncccc65)C(c5ccccc5)(c5ccccc5)c5ccccc5-7)cc4)ccc32)cc1. The second-order valence-corrected chi connectivity index (χ2v) is 15.1. The van der Waals surface area contributed by atoms with Gasteiger partial charge in [0.15, 0.2) is 0 Å². The fraction of sp³-hybridized carbons (Fsp3) is 0.0185. The minimum atomic E-state index is -0.470. The summed E-state index contributed by atoms with van der Waals surface area (Å²) in [5.41, 5.74) is 17.5. The quantitative estimate of drug-likeness (QED) is 0.173. The second kappa shape index (κ2) is 12.3. The molecule has 3 aromatic heterocycles. The van der Waals surface area contributed by atoms with Gasteiger partial charge in [0.1, 0.15) is 0 Å². The van der Waals surface area contributed by atoms with Gasteiger partial charge >= 0.3 is 0 Å². The molecule has 0 bridgehead atoms. The largest absolute Gasteiger partial charge is 0.309 e. The summed E-state index contributed by atoms with van der Waals surface area (Å²) in [6.45, 7) is 0. The van der Waals surface area contributed by atoms with Crippen LogP contribution in [0.4, 0.5) is 0 Å². The zero-order valence-corrected chi connectivity index (χ0v) is 31.0. The second-order valence-electron chi connectivity index (χ2n) is 15.1. The average molecular weight is 726 g/mol. The van der Waals surface area contributed by atoms with Crippen LogP contribution in [0.15, 0.2) is 212 Å². The van der Waals surface area contributed by atoms with Crippen molar-refractivity contribution in [1.29, 1.82) is 0 Å². The molecule has 1 aliphatic rings. The van der Waals surface area contributed by atoms with E-state index in [-0.39, 0.29) is 0 Å². The number of rotatable bonds is 5. The maximum Gasteiger partial charge on any atom is 0.0963 e. The highest BCUT2D eigenvalue weighted by atomic mass is 15.0. The lowest BCUT2D eigenvalue weighted by atomic mass is 9.67. The third kappa shape index (κ3) is 4.51. The van der Waals surface area contributed by atoms with Crippen molar-refractivity contribution < 1.29 is 0 Å². The maximum absolute atomic E-state index is 5.04. The molecule has 0 saturated heterocycles. The van der Waals surface area contributed by atoms with Crippen molar-refractivity contribution in [2.24, 2.45) is 0 Å². The van der Waals surface area contributed by atoms with Crippen LogP contribution < -0.4 is 0 Å². The maximum atomic E-state index is 5.04. The first-order chi connectivity index (χ1) is 28.3. The van der Waals surface area contributed by atoms with E-state index in [2.05, 4.69) is 215 Å². The first-order valence-electron chi connectivity index (χ1n) is 19.6. The van der Waals surface area contributed by atoms with Gasteiger partial charge in [-0.25, -0.2) is 0 Å². The molecule has 11 aromatic rings. The van der Waals surface area contributed by atoms with Crippen LogP contribution in [0.3, 0.4) is 0 Å². The van der Waals surface area contributed by atoms with E-state index in [1.54, 1.807) is 0 Å². The normalized spacial score (nSPS) is 13.1. The van der Waals surface area contributed by atoms with Crippen molar-refractivity contribution in [1.82, 2.24) is 14.1 Å². The van der Waals surface area contributed by atoms with Gasteiger partial charge in [0, 0.05) is 33.7 Å². The zero-order valence-electron chi connectivity index (χ0n) is 31.0. The van der Waals surface area contributed by atoms with Gasteiger partial charge in [-0.05, 0) is 111 Å². The number of pyridine rings is 1. The smallest absolute Gasteiger partial charge is 0.0963 e. The monoisotopic (exact) mass is 725 g/mol. The van der Waals surface area contributed by atoms with Gasteiger partial charge in [-0.1, -0.05) is 140 Å². The highest BCUT2D eigenvalue weighted by Crippen LogP contribution is 2.57. The summed E-state index contributed by atoms with van der Waals surface area (Å²) in [5, 5.41) is 3.66.